The smallest absolute Gasteiger partial charge is 0.242 e. The molecule has 7 heteroatoms. The Kier molecular flexibility index (Phi) is 5.55. The van der Waals surface area contributed by atoms with Crippen LogP contribution in [0.15, 0.2) is 36.7 Å². The molecule has 2 aliphatic rings. The Hall–Kier alpha value is -2.57. The maximum Gasteiger partial charge on any atom is 0.242 e. The van der Waals surface area contributed by atoms with Crippen LogP contribution in [-0.4, -0.2) is 64.8 Å². The van der Waals surface area contributed by atoms with Gasteiger partial charge < -0.3 is 19.3 Å². The largest absolute Gasteiger partial charge is 0.355 e. The summed E-state index contributed by atoms with van der Waals surface area (Å²) in [4.78, 5) is 18.9. The maximum atomic E-state index is 12.4. The topological polar surface area (TPSA) is 57.5 Å². The lowest BCUT2D eigenvalue weighted by Crippen LogP contribution is -2.49. The van der Waals surface area contributed by atoms with E-state index < -0.39 is 0 Å². The molecule has 1 amide bonds. The van der Waals surface area contributed by atoms with Gasteiger partial charge in [-0.05, 0) is 37.1 Å². The first kappa shape index (κ1) is 17.8. The number of aromatic nitrogens is 3. The number of anilines is 2. The first-order valence-corrected chi connectivity index (χ1v) is 10.0. The van der Waals surface area contributed by atoms with Crippen molar-refractivity contribution in [3.8, 4) is 0 Å². The van der Waals surface area contributed by atoms with Crippen LogP contribution in [0.3, 0.4) is 0 Å². The molecule has 144 valence electrons. The van der Waals surface area contributed by atoms with Gasteiger partial charge in [0.05, 0.1) is 0 Å². The molecule has 2 aromatic heterocycles. The number of nitrogens with zero attached hydrogens (tertiary/aromatic N) is 6. The van der Waals surface area contributed by atoms with E-state index in [2.05, 4.69) is 32.1 Å². The van der Waals surface area contributed by atoms with Crippen molar-refractivity contribution in [2.24, 2.45) is 0 Å². The van der Waals surface area contributed by atoms with Gasteiger partial charge in [0.1, 0.15) is 6.54 Å². The number of carbonyl (C=O) groups is 1. The summed E-state index contributed by atoms with van der Waals surface area (Å²) in [7, 11) is 0. The van der Waals surface area contributed by atoms with Gasteiger partial charge in [-0.2, -0.15) is 0 Å². The van der Waals surface area contributed by atoms with E-state index in [9.17, 15) is 4.79 Å². The first-order valence-electron chi connectivity index (χ1n) is 10.0. The zero-order valence-electron chi connectivity index (χ0n) is 15.8. The van der Waals surface area contributed by atoms with Crippen molar-refractivity contribution >= 4 is 17.5 Å². The van der Waals surface area contributed by atoms with Gasteiger partial charge >= 0.3 is 0 Å². The molecular formula is C20H28N6O. The highest BCUT2D eigenvalue weighted by atomic mass is 16.2. The zero-order chi connectivity index (χ0) is 18.5. The van der Waals surface area contributed by atoms with Crippen LogP contribution in [0.5, 0.6) is 0 Å². The van der Waals surface area contributed by atoms with Gasteiger partial charge in [0, 0.05) is 51.7 Å². The molecule has 0 aliphatic carbocycles. The molecule has 0 unspecified atom stereocenters. The zero-order valence-corrected chi connectivity index (χ0v) is 15.8. The summed E-state index contributed by atoms with van der Waals surface area (Å²) in [6.45, 7) is 5.64. The minimum absolute atomic E-state index is 0.174. The van der Waals surface area contributed by atoms with Gasteiger partial charge in [-0.3, -0.25) is 4.79 Å². The number of piperazine rings is 1. The van der Waals surface area contributed by atoms with Crippen LogP contribution in [0.2, 0.25) is 0 Å². The molecule has 7 nitrogen and oxygen atoms in total. The predicted molar refractivity (Wildman–Crippen MR) is 106 cm³/mol. The molecule has 4 heterocycles. The van der Waals surface area contributed by atoms with Crippen LogP contribution >= 0.6 is 0 Å². The summed E-state index contributed by atoms with van der Waals surface area (Å²) in [6.07, 6.45) is 8.96. The van der Waals surface area contributed by atoms with Gasteiger partial charge in [-0.25, -0.2) is 0 Å². The van der Waals surface area contributed by atoms with E-state index in [0.717, 1.165) is 50.9 Å². The Morgan fingerprint density at radius 3 is 1.89 bits per heavy atom. The molecule has 0 N–H and O–H groups in total. The fourth-order valence-electron chi connectivity index (χ4n) is 3.87. The molecule has 27 heavy (non-hydrogen) atoms. The molecule has 4 rings (SSSR count). The van der Waals surface area contributed by atoms with E-state index in [1.807, 2.05) is 34.0 Å². The first-order chi connectivity index (χ1) is 13.3. The van der Waals surface area contributed by atoms with Crippen molar-refractivity contribution in [2.45, 2.75) is 32.2 Å². The average Bonchev–Trinajstić information content (AvgIpc) is 3.07. The summed E-state index contributed by atoms with van der Waals surface area (Å²) in [5.41, 5.74) is 0. The molecule has 2 saturated heterocycles. The van der Waals surface area contributed by atoms with Crippen LogP contribution in [0.25, 0.3) is 0 Å². The third-order valence-corrected chi connectivity index (χ3v) is 5.51. The van der Waals surface area contributed by atoms with Crippen LogP contribution < -0.4 is 9.80 Å². The van der Waals surface area contributed by atoms with Crippen molar-refractivity contribution in [2.75, 3.05) is 49.1 Å². The second-order valence-corrected chi connectivity index (χ2v) is 7.37. The van der Waals surface area contributed by atoms with Gasteiger partial charge in [0.15, 0.2) is 11.6 Å². The standard InChI is InChI=1S/C20H28N6O/c27-20(17-23-9-5-6-10-23)26-15-13-25(14-16-26)19-8-7-18(21-22-19)24-11-3-1-2-4-12-24/h5-10H,1-4,11-17H2. The lowest BCUT2D eigenvalue weighted by atomic mass is 10.2. The van der Waals surface area contributed by atoms with Crippen molar-refractivity contribution < 1.29 is 4.79 Å². The third kappa shape index (κ3) is 4.40. The third-order valence-electron chi connectivity index (χ3n) is 5.51. The van der Waals surface area contributed by atoms with E-state index in [1.165, 1.54) is 25.7 Å². The van der Waals surface area contributed by atoms with Crippen molar-refractivity contribution in [3.63, 3.8) is 0 Å². The van der Waals surface area contributed by atoms with E-state index >= 15 is 0 Å². The Balaban J connectivity index is 1.30. The Morgan fingerprint density at radius 1 is 0.778 bits per heavy atom. The minimum atomic E-state index is 0.174. The fraction of sp³-hybridized carbons (Fsp3) is 0.550. The van der Waals surface area contributed by atoms with Crippen molar-refractivity contribution in [3.05, 3.63) is 36.7 Å². The molecule has 0 radical (unpaired) electrons. The predicted octanol–water partition coefficient (Wildman–Crippen LogP) is 2.01. The van der Waals surface area contributed by atoms with Gasteiger partial charge in [-0.1, -0.05) is 12.8 Å². The van der Waals surface area contributed by atoms with Crippen LogP contribution in [0, 0.1) is 0 Å². The lowest BCUT2D eigenvalue weighted by molar-refractivity contribution is -0.132. The highest BCUT2D eigenvalue weighted by Gasteiger charge is 2.22. The van der Waals surface area contributed by atoms with E-state index in [4.69, 9.17) is 0 Å². The van der Waals surface area contributed by atoms with E-state index in [1.54, 1.807) is 0 Å². The summed E-state index contributed by atoms with van der Waals surface area (Å²) in [5.74, 6) is 2.07. The maximum absolute atomic E-state index is 12.4. The van der Waals surface area contributed by atoms with E-state index in [-0.39, 0.29) is 5.91 Å². The van der Waals surface area contributed by atoms with Gasteiger partial charge in [0.2, 0.25) is 5.91 Å². The summed E-state index contributed by atoms with van der Waals surface area (Å²) in [5, 5.41) is 8.94. The number of amides is 1. The van der Waals surface area contributed by atoms with Crippen LogP contribution in [0.4, 0.5) is 11.6 Å². The molecule has 0 spiro atoms. The lowest BCUT2D eigenvalue weighted by Gasteiger charge is -2.35. The van der Waals surface area contributed by atoms with Crippen LogP contribution in [0.1, 0.15) is 25.7 Å². The Morgan fingerprint density at radius 2 is 1.33 bits per heavy atom. The van der Waals surface area contributed by atoms with E-state index in [0.29, 0.717) is 6.54 Å². The average molecular weight is 368 g/mol. The molecule has 0 atom stereocenters. The molecule has 0 saturated carbocycles. The summed E-state index contributed by atoms with van der Waals surface area (Å²) < 4.78 is 1.92. The highest BCUT2D eigenvalue weighted by Crippen LogP contribution is 2.19. The second-order valence-electron chi connectivity index (χ2n) is 7.37. The summed E-state index contributed by atoms with van der Waals surface area (Å²) >= 11 is 0. The molecule has 0 bridgehead atoms. The fourth-order valence-corrected chi connectivity index (χ4v) is 3.87. The highest BCUT2D eigenvalue weighted by molar-refractivity contribution is 5.76. The number of rotatable bonds is 4. The molecule has 2 fully saturated rings. The second kappa shape index (κ2) is 8.41. The quantitative estimate of drug-likeness (QED) is 0.826. The number of hydrogen-bond donors (Lipinski definition) is 0. The minimum Gasteiger partial charge on any atom is -0.355 e. The van der Waals surface area contributed by atoms with Crippen molar-refractivity contribution in [1.82, 2.24) is 19.7 Å². The Labute approximate surface area is 160 Å². The monoisotopic (exact) mass is 368 g/mol. The van der Waals surface area contributed by atoms with Crippen LogP contribution in [-0.2, 0) is 11.3 Å². The molecule has 0 aromatic carbocycles. The normalized spacial score (nSPS) is 18.4. The van der Waals surface area contributed by atoms with Gasteiger partial charge in [0.25, 0.3) is 0 Å². The molecule has 2 aromatic rings. The SMILES string of the molecule is O=C(Cn1cccc1)N1CCN(c2ccc(N3CCCCCC3)nn2)CC1. The van der Waals surface area contributed by atoms with Gasteiger partial charge in [-0.15, -0.1) is 10.2 Å². The number of hydrogen-bond acceptors (Lipinski definition) is 5. The molecule has 2 aliphatic heterocycles. The van der Waals surface area contributed by atoms with Crippen molar-refractivity contribution in [1.29, 1.82) is 0 Å². The summed E-state index contributed by atoms with van der Waals surface area (Å²) in [6, 6.07) is 8.06. The number of carbonyl (C=O) groups excluding carboxylic acids is 1. The Bertz CT molecular complexity index is 713. The molecular weight excluding hydrogens is 340 g/mol.